The van der Waals surface area contributed by atoms with Crippen LogP contribution in [0, 0.1) is 79.8 Å². The average molecular weight is 639 g/mol. The molecule has 0 bridgehead atoms. The topological polar surface area (TPSA) is 239 Å². The zero-order valence-corrected chi connectivity index (χ0v) is 17.2. The van der Waals surface area contributed by atoms with E-state index in [1.807, 2.05) is 0 Å². The van der Waals surface area contributed by atoms with E-state index in [-0.39, 0.29) is 58.4 Å². The minimum absolute atomic E-state index is 0. The quantitative estimate of drug-likeness (QED) is 0.186. The third-order valence-corrected chi connectivity index (χ3v) is 0. The largest absolute Gasteiger partial charge is 4.00 e. The molecule has 0 aliphatic carbocycles. The standard InChI is InChI=1S/12CO.3Ru/c12*1-2;;;/q;;;;;;;;;;;;3*+4. The molecule has 0 saturated carbocycles. The zero-order chi connectivity index (χ0) is 24.0. The van der Waals surface area contributed by atoms with Crippen LogP contribution in [0.1, 0.15) is 0 Å². The van der Waals surface area contributed by atoms with Gasteiger partial charge in [-0.1, -0.05) is 0 Å². The summed E-state index contributed by atoms with van der Waals surface area (Å²) < 4.78 is 90.0. The number of rotatable bonds is 0. The Labute approximate surface area is 193 Å². The molecule has 0 saturated heterocycles. The molecule has 132 valence electrons. The zero-order valence-electron chi connectivity index (χ0n) is 12.0. The van der Waals surface area contributed by atoms with Crippen molar-refractivity contribution in [3.8, 4) is 0 Å². The molecule has 0 atom stereocenters. The van der Waals surface area contributed by atoms with Gasteiger partial charge in [0.05, 0.1) is 0 Å². The summed E-state index contributed by atoms with van der Waals surface area (Å²) in [4.78, 5) is 0. The van der Waals surface area contributed by atoms with Gasteiger partial charge in [0.1, 0.15) is 0 Å². The van der Waals surface area contributed by atoms with Crippen LogP contribution in [-0.2, 0) is 114 Å². The Balaban J connectivity index is -0.00000000443. The van der Waals surface area contributed by atoms with Gasteiger partial charge in [-0.2, -0.15) is 0 Å². The molecular weight excluding hydrogens is 639 g/mol. The monoisotopic (exact) mass is 642 g/mol. The second kappa shape index (κ2) is 8940. The average Bonchev–Trinajstić information content (AvgIpc) is 2.84. The van der Waals surface area contributed by atoms with Gasteiger partial charge in [-0.15, -0.1) is 0 Å². The van der Waals surface area contributed by atoms with Crippen LogP contribution in [0.3, 0.4) is 0 Å². The van der Waals surface area contributed by atoms with Gasteiger partial charge in [0.15, 0.2) is 0 Å². The first-order valence-electron chi connectivity index (χ1n) is 2.45. The molecule has 0 heterocycles. The van der Waals surface area contributed by atoms with Crippen molar-refractivity contribution in [2.24, 2.45) is 0 Å². The smallest absolute Gasteiger partial charge is 4.00 e. The second-order valence-electron chi connectivity index (χ2n) is 0. The van der Waals surface area contributed by atoms with E-state index < -0.39 is 0 Å². The fourth-order valence-electron chi connectivity index (χ4n) is 0. The van der Waals surface area contributed by atoms with E-state index in [0.717, 1.165) is 0 Å². The molecule has 0 aromatic heterocycles. The number of hydrogen-bond donors (Lipinski definition) is 0. The summed E-state index contributed by atoms with van der Waals surface area (Å²) in [5.41, 5.74) is 0. The summed E-state index contributed by atoms with van der Waals surface area (Å²) in [6.45, 7) is 54.0. The molecule has 0 aliphatic rings. The molecule has 0 aromatic carbocycles. The molecule has 0 aromatic rings. The third-order valence-electron chi connectivity index (χ3n) is 0. The Kier molecular flexibility index (Phi) is 45200. The summed E-state index contributed by atoms with van der Waals surface area (Å²) in [5.74, 6) is 0. The van der Waals surface area contributed by atoms with Gasteiger partial charge in [-0.25, -0.2) is 0 Å². The predicted molar refractivity (Wildman–Crippen MR) is 47.2 cm³/mol. The fourth-order valence-corrected chi connectivity index (χ4v) is 0. The van der Waals surface area contributed by atoms with Gasteiger partial charge >= 0.3 is 194 Å². The summed E-state index contributed by atoms with van der Waals surface area (Å²) in [6.07, 6.45) is 0. The summed E-state index contributed by atoms with van der Waals surface area (Å²) >= 11 is 0. The first-order valence-corrected chi connectivity index (χ1v) is 2.45. The van der Waals surface area contributed by atoms with Crippen molar-refractivity contribution < 1.29 is 114 Å². The molecule has 0 unspecified atom stereocenters. The Morgan fingerprint density at radius 1 is 0.148 bits per heavy atom. The van der Waals surface area contributed by atoms with E-state index in [1.54, 1.807) is 0 Å². The van der Waals surface area contributed by atoms with Crippen LogP contribution in [0.5, 0.6) is 0 Å². The first-order chi connectivity index (χ1) is 12.0. The van der Waals surface area contributed by atoms with Crippen LogP contribution in [0.25, 0.3) is 0 Å². The molecule has 0 rings (SSSR count). The van der Waals surface area contributed by atoms with Crippen molar-refractivity contribution in [3.63, 3.8) is 0 Å². The molecule has 27 heavy (non-hydrogen) atoms. The molecule has 0 N–H and O–H groups in total. The predicted octanol–water partition coefficient (Wildman–Crippen LogP) is -0.458. The fraction of sp³-hybridized carbons (Fsp3) is 0. The second-order valence-corrected chi connectivity index (χ2v) is 0. The Morgan fingerprint density at radius 2 is 0.148 bits per heavy atom. The van der Waals surface area contributed by atoms with E-state index in [4.69, 9.17) is 55.8 Å². The van der Waals surface area contributed by atoms with Crippen LogP contribution in [0.4, 0.5) is 0 Å². The molecule has 0 aliphatic heterocycles. The maximum atomic E-state index is 7.50. The van der Waals surface area contributed by atoms with Gasteiger partial charge in [0, 0.05) is 0 Å². The van der Waals surface area contributed by atoms with Crippen LogP contribution >= 0.6 is 0 Å². The Hall–Kier alpha value is -1.25. The first kappa shape index (κ1) is 136. The van der Waals surface area contributed by atoms with E-state index in [9.17, 15) is 0 Å². The van der Waals surface area contributed by atoms with Gasteiger partial charge in [0.2, 0.25) is 0 Å². The molecular formula is C12O12Ru3+12. The SMILES string of the molecule is [C-]#[O+].[C-]#[O+].[C-]#[O+].[C-]#[O+].[C-]#[O+].[C-]#[O+].[C-]#[O+].[C-]#[O+].[C-]#[O+].[C-]#[O+].[C-]#[O+].[C-]#[O+].[Ru+4].[Ru+4].[Ru+4]. The molecule has 12 nitrogen and oxygen atoms in total. The summed E-state index contributed by atoms with van der Waals surface area (Å²) in [6, 6.07) is 0. The maximum absolute atomic E-state index is 7.50. The third kappa shape index (κ3) is 8200. The summed E-state index contributed by atoms with van der Waals surface area (Å²) in [5, 5.41) is 0. The molecule has 0 radical (unpaired) electrons. The molecule has 0 fully saturated rings. The van der Waals surface area contributed by atoms with Crippen molar-refractivity contribution >= 4 is 0 Å². The molecule has 0 amide bonds. The van der Waals surface area contributed by atoms with E-state index in [1.165, 1.54) is 0 Å². The van der Waals surface area contributed by atoms with Crippen molar-refractivity contribution in [1.29, 1.82) is 0 Å². The van der Waals surface area contributed by atoms with E-state index in [0.29, 0.717) is 0 Å². The number of hydrogen-bond acceptors (Lipinski definition) is 0. The van der Waals surface area contributed by atoms with Crippen molar-refractivity contribution in [3.05, 3.63) is 79.8 Å². The van der Waals surface area contributed by atoms with Crippen LogP contribution in [-0.4, -0.2) is 0 Å². The van der Waals surface area contributed by atoms with Gasteiger partial charge in [-0.05, 0) is 0 Å². The van der Waals surface area contributed by atoms with Crippen LogP contribution < -0.4 is 0 Å². The Bertz CT molecular complexity index is 224. The minimum Gasteiger partial charge on any atom is 4.00 e. The molecule has 15 heteroatoms. The Morgan fingerprint density at radius 3 is 0.148 bits per heavy atom. The minimum atomic E-state index is 0. The molecule has 0 spiro atoms. The van der Waals surface area contributed by atoms with Gasteiger partial charge < -0.3 is 0 Å². The van der Waals surface area contributed by atoms with E-state index >= 15 is 0 Å². The van der Waals surface area contributed by atoms with Crippen LogP contribution in [0.15, 0.2) is 0 Å². The van der Waals surface area contributed by atoms with Crippen molar-refractivity contribution in [2.45, 2.75) is 0 Å². The maximum Gasteiger partial charge on any atom is 4.00 e. The van der Waals surface area contributed by atoms with Gasteiger partial charge in [-0.3, -0.25) is 0 Å². The van der Waals surface area contributed by atoms with Crippen molar-refractivity contribution in [2.75, 3.05) is 0 Å². The van der Waals surface area contributed by atoms with Gasteiger partial charge in [0.25, 0.3) is 0 Å². The normalized spacial score (nSPS) is 0.889. The summed E-state index contributed by atoms with van der Waals surface area (Å²) in [7, 11) is 0. The van der Waals surface area contributed by atoms with Crippen LogP contribution in [0.2, 0.25) is 0 Å². The van der Waals surface area contributed by atoms with Crippen molar-refractivity contribution in [1.82, 2.24) is 0 Å². The van der Waals surface area contributed by atoms with E-state index in [2.05, 4.69) is 79.8 Å².